The number of aliphatic hydroxyl groups excluding tert-OH is 1. The maximum absolute atomic E-state index is 11.3. The van der Waals surface area contributed by atoms with Crippen LogP contribution in [-0.2, 0) is 17.2 Å². The second kappa shape index (κ2) is 3.90. The number of rotatable bonds is 3. The molecule has 1 aromatic heterocycles. The minimum absolute atomic E-state index is 0.104. The van der Waals surface area contributed by atoms with Gasteiger partial charge >= 0.3 is 5.97 Å². The number of hydrogen-bond donors (Lipinski definition) is 1. The van der Waals surface area contributed by atoms with Crippen molar-refractivity contribution in [2.24, 2.45) is 7.05 Å². The van der Waals surface area contributed by atoms with Crippen molar-refractivity contribution in [2.45, 2.75) is 24.7 Å². The summed E-state index contributed by atoms with van der Waals surface area (Å²) in [5, 5.41) is 13.6. The highest BCUT2D eigenvalue weighted by Crippen LogP contribution is 2.43. The minimum Gasteiger partial charge on any atom is -0.464 e. The molecule has 0 amide bonds. The Morgan fingerprint density at radius 3 is 2.81 bits per heavy atom. The number of hydrogen-bond acceptors (Lipinski definition) is 4. The number of aromatic nitrogens is 2. The van der Waals surface area contributed by atoms with Gasteiger partial charge in [0.1, 0.15) is 0 Å². The van der Waals surface area contributed by atoms with Crippen LogP contribution >= 0.6 is 0 Å². The molecular weight excluding hydrogens is 208 g/mol. The summed E-state index contributed by atoms with van der Waals surface area (Å²) in [7, 11) is 3.12. The summed E-state index contributed by atoms with van der Waals surface area (Å²) in [5.41, 5.74) is 1.02. The van der Waals surface area contributed by atoms with E-state index in [0.29, 0.717) is 5.69 Å². The third-order valence-electron chi connectivity index (χ3n) is 3.43. The quantitative estimate of drug-likeness (QED) is 0.764. The van der Waals surface area contributed by atoms with Crippen molar-refractivity contribution < 1.29 is 14.6 Å². The zero-order valence-electron chi connectivity index (χ0n) is 9.56. The van der Waals surface area contributed by atoms with Gasteiger partial charge in [-0.2, -0.15) is 5.10 Å². The molecule has 1 aliphatic carbocycles. The number of carbonyl (C=O) groups excluding carboxylic acids is 1. The Kier molecular flexibility index (Phi) is 2.71. The zero-order chi connectivity index (χ0) is 11.8. The van der Waals surface area contributed by atoms with Crippen LogP contribution in [-0.4, -0.2) is 34.6 Å². The van der Waals surface area contributed by atoms with Gasteiger partial charge in [0, 0.05) is 18.2 Å². The Morgan fingerprint density at radius 1 is 1.69 bits per heavy atom. The van der Waals surface area contributed by atoms with E-state index in [1.54, 1.807) is 17.8 Å². The number of aliphatic hydroxyl groups is 1. The molecule has 2 rings (SSSR count). The van der Waals surface area contributed by atoms with Crippen molar-refractivity contribution in [3.8, 4) is 0 Å². The van der Waals surface area contributed by atoms with Crippen molar-refractivity contribution in [1.82, 2.24) is 9.78 Å². The van der Waals surface area contributed by atoms with Crippen LogP contribution in [0.4, 0.5) is 0 Å². The molecule has 0 radical (unpaired) electrons. The predicted molar refractivity (Wildman–Crippen MR) is 57.2 cm³/mol. The number of methoxy groups -OCH3 is 1. The standard InChI is InChI=1S/C11H16N2O3/c1-13-9(11(7-14)4-3-5-11)6-8(12-13)10(15)16-2/h6,14H,3-5,7H2,1-2H3. The molecule has 16 heavy (non-hydrogen) atoms. The maximum atomic E-state index is 11.3. The van der Waals surface area contributed by atoms with Gasteiger partial charge in [0.15, 0.2) is 5.69 Å². The zero-order valence-corrected chi connectivity index (χ0v) is 9.56. The molecule has 0 aromatic carbocycles. The van der Waals surface area contributed by atoms with Crippen LogP contribution in [0.15, 0.2) is 6.07 Å². The van der Waals surface area contributed by atoms with Gasteiger partial charge in [0.25, 0.3) is 0 Å². The highest BCUT2D eigenvalue weighted by Gasteiger charge is 2.41. The average Bonchev–Trinajstić information content (AvgIpc) is 2.60. The number of carbonyl (C=O) groups is 1. The smallest absolute Gasteiger partial charge is 0.358 e. The van der Waals surface area contributed by atoms with E-state index < -0.39 is 5.97 Å². The molecule has 0 saturated heterocycles. The summed E-state index contributed by atoms with van der Waals surface area (Å²) >= 11 is 0. The molecule has 0 bridgehead atoms. The fourth-order valence-corrected chi connectivity index (χ4v) is 2.27. The van der Waals surface area contributed by atoms with Crippen LogP contribution in [0.1, 0.15) is 35.4 Å². The number of esters is 1. The molecule has 0 atom stereocenters. The topological polar surface area (TPSA) is 64.3 Å². The molecule has 5 heteroatoms. The average molecular weight is 224 g/mol. The van der Waals surface area contributed by atoms with Crippen molar-refractivity contribution in [3.05, 3.63) is 17.5 Å². The summed E-state index contributed by atoms with van der Waals surface area (Å²) in [6.45, 7) is 0.104. The molecule has 0 unspecified atom stereocenters. The van der Waals surface area contributed by atoms with Gasteiger partial charge in [-0.05, 0) is 18.9 Å². The lowest BCUT2D eigenvalue weighted by atomic mass is 9.67. The Hall–Kier alpha value is -1.36. The van der Waals surface area contributed by atoms with Gasteiger partial charge in [-0.15, -0.1) is 0 Å². The highest BCUT2D eigenvalue weighted by atomic mass is 16.5. The van der Waals surface area contributed by atoms with Gasteiger partial charge in [-0.3, -0.25) is 4.68 Å². The van der Waals surface area contributed by atoms with Gasteiger partial charge in [-0.25, -0.2) is 4.79 Å². The lowest BCUT2D eigenvalue weighted by Gasteiger charge is -2.40. The highest BCUT2D eigenvalue weighted by molar-refractivity contribution is 5.87. The monoisotopic (exact) mass is 224 g/mol. The Bertz CT molecular complexity index is 402. The molecule has 1 aliphatic rings. The van der Waals surface area contributed by atoms with Crippen LogP contribution in [0.3, 0.4) is 0 Å². The van der Waals surface area contributed by atoms with Gasteiger partial charge in [-0.1, -0.05) is 6.42 Å². The number of ether oxygens (including phenoxy) is 1. The largest absolute Gasteiger partial charge is 0.464 e. The van der Waals surface area contributed by atoms with Crippen LogP contribution in [0.25, 0.3) is 0 Å². The van der Waals surface area contributed by atoms with E-state index in [2.05, 4.69) is 9.84 Å². The summed E-state index contributed by atoms with van der Waals surface area (Å²) in [5.74, 6) is -0.436. The maximum Gasteiger partial charge on any atom is 0.358 e. The summed E-state index contributed by atoms with van der Waals surface area (Å²) in [6, 6.07) is 1.72. The van der Waals surface area contributed by atoms with Crippen LogP contribution in [0.2, 0.25) is 0 Å². The van der Waals surface area contributed by atoms with E-state index >= 15 is 0 Å². The second-order valence-corrected chi connectivity index (χ2v) is 4.32. The molecule has 1 N–H and O–H groups in total. The third-order valence-corrected chi connectivity index (χ3v) is 3.43. The molecule has 88 valence electrons. The van der Waals surface area contributed by atoms with Crippen LogP contribution in [0.5, 0.6) is 0 Å². The molecule has 1 fully saturated rings. The fraction of sp³-hybridized carbons (Fsp3) is 0.636. The van der Waals surface area contributed by atoms with Gasteiger partial charge in [0.05, 0.1) is 13.7 Å². The molecule has 0 aliphatic heterocycles. The first-order chi connectivity index (χ1) is 7.63. The Morgan fingerprint density at radius 2 is 2.38 bits per heavy atom. The van der Waals surface area contributed by atoms with E-state index in [-0.39, 0.29) is 12.0 Å². The van der Waals surface area contributed by atoms with E-state index in [1.165, 1.54) is 7.11 Å². The molecule has 1 saturated carbocycles. The van der Waals surface area contributed by atoms with Gasteiger partial charge in [0.2, 0.25) is 0 Å². The summed E-state index contributed by atoms with van der Waals surface area (Å²) in [6.07, 6.45) is 3.01. The third kappa shape index (κ3) is 1.51. The second-order valence-electron chi connectivity index (χ2n) is 4.32. The van der Waals surface area contributed by atoms with Crippen LogP contribution < -0.4 is 0 Å². The minimum atomic E-state index is -0.436. The van der Waals surface area contributed by atoms with Crippen molar-refractivity contribution in [2.75, 3.05) is 13.7 Å². The molecule has 0 spiro atoms. The van der Waals surface area contributed by atoms with E-state index in [0.717, 1.165) is 25.0 Å². The number of nitrogens with zero attached hydrogens (tertiary/aromatic N) is 2. The van der Waals surface area contributed by atoms with E-state index in [9.17, 15) is 9.90 Å². The van der Waals surface area contributed by atoms with Gasteiger partial charge < -0.3 is 9.84 Å². The summed E-state index contributed by atoms with van der Waals surface area (Å²) in [4.78, 5) is 11.3. The van der Waals surface area contributed by atoms with Crippen LogP contribution in [0, 0.1) is 0 Å². The molecule has 5 nitrogen and oxygen atoms in total. The normalized spacial score (nSPS) is 17.9. The SMILES string of the molecule is COC(=O)c1cc(C2(CO)CCC2)n(C)n1. The first kappa shape index (κ1) is 11.1. The lowest BCUT2D eigenvalue weighted by Crippen LogP contribution is -2.39. The Labute approximate surface area is 94.0 Å². The Balaban J connectivity index is 2.35. The fourth-order valence-electron chi connectivity index (χ4n) is 2.27. The van der Waals surface area contributed by atoms with Crippen molar-refractivity contribution >= 4 is 5.97 Å². The molecule has 1 aromatic rings. The van der Waals surface area contributed by atoms with E-state index in [1.807, 2.05) is 0 Å². The molecule has 1 heterocycles. The predicted octanol–water partition coefficient (Wildman–Crippen LogP) is 0.621. The first-order valence-corrected chi connectivity index (χ1v) is 5.37. The lowest BCUT2D eigenvalue weighted by molar-refractivity contribution is 0.0593. The first-order valence-electron chi connectivity index (χ1n) is 5.37. The van der Waals surface area contributed by atoms with Crippen molar-refractivity contribution in [1.29, 1.82) is 0 Å². The molecular formula is C11H16N2O3. The number of aryl methyl sites for hydroxylation is 1. The van der Waals surface area contributed by atoms with E-state index in [4.69, 9.17) is 0 Å². The van der Waals surface area contributed by atoms with Crippen molar-refractivity contribution in [3.63, 3.8) is 0 Å². The summed E-state index contributed by atoms with van der Waals surface area (Å²) < 4.78 is 6.29.